The predicted octanol–water partition coefficient (Wildman–Crippen LogP) is 3.35. The maximum atomic E-state index is 6.23. The smallest absolute Gasteiger partial charge is 0.276 e. The van der Waals surface area contributed by atoms with Crippen molar-refractivity contribution in [3.05, 3.63) is 41.7 Å². The molecular weight excluding hydrogens is 300 g/mol. The van der Waals surface area contributed by atoms with Crippen molar-refractivity contribution in [2.75, 3.05) is 0 Å². The summed E-state index contributed by atoms with van der Waals surface area (Å²) in [4.78, 5) is 9.07. The molecule has 2 aromatic heterocycles. The summed E-state index contributed by atoms with van der Waals surface area (Å²) in [5, 5.41) is 5.18. The molecule has 0 saturated heterocycles. The minimum atomic E-state index is -0.409. The average molecular weight is 317 g/mol. The van der Waals surface area contributed by atoms with Crippen LogP contribution in [0.15, 0.2) is 34.9 Å². The highest BCUT2D eigenvalue weighted by Gasteiger charge is 2.39. The van der Waals surface area contributed by atoms with E-state index >= 15 is 0 Å². The van der Waals surface area contributed by atoms with E-state index in [0.29, 0.717) is 17.4 Å². The number of nitrogens with zero attached hydrogens (tertiary/aromatic N) is 3. The number of para-hydroxylation sites is 1. The molecule has 6 heteroatoms. The first kappa shape index (κ1) is 14.9. The van der Waals surface area contributed by atoms with E-state index in [1.807, 2.05) is 24.3 Å². The van der Waals surface area contributed by atoms with Gasteiger partial charge in [0.15, 0.2) is 5.82 Å². The summed E-state index contributed by atoms with van der Waals surface area (Å²) in [5.41, 5.74) is 8.59. The summed E-state index contributed by atoms with van der Waals surface area (Å²) in [5.74, 6) is 1.03. The van der Waals surface area contributed by atoms with E-state index in [9.17, 15) is 0 Å². The lowest BCUT2D eigenvalue weighted by Gasteiger charge is -2.34. The number of aryl methyl sites for hydroxylation is 1. The van der Waals surface area contributed by atoms with E-state index in [4.69, 9.17) is 10.3 Å². The SMILES string of the molecule is Cc1cc(-c2nc(C3(N)CCC3)no2)nc2ccccc12.Cl. The van der Waals surface area contributed by atoms with E-state index in [1.54, 1.807) is 0 Å². The summed E-state index contributed by atoms with van der Waals surface area (Å²) in [6, 6.07) is 10.0. The Morgan fingerprint density at radius 1 is 1.18 bits per heavy atom. The zero-order valence-corrected chi connectivity index (χ0v) is 13.1. The van der Waals surface area contributed by atoms with Crippen molar-refractivity contribution >= 4 is 23.3 Å². The molecular formula is C16H17ClN4O. The molecule has 1 aliphatic carbocycles. The first-order chi connectivity index (χ1) is 10.2. The Hall–Kier alpha value is -1.98. The summed E-state index contributed by atoms with van der Waals surface area (Å²) in [6.07, 6.45) is 2.94. The molecule has 0 atom stereocenters. The molecule has 2 N–H and O–H groups in total. The quantitative estimate of drug-likeness (QED) is 0.784. The number of rotatable bonds is 2. The van der Waals surface area contributed by atoms with Gasteiger partial charge in [-0.05, 0) is 43.9 Å². The van der Waals surface area contributed by atoms with Crippen molar-refractivity contribution in [1.29, 1.82) is 0 Å². The lowest BCUT2D eigenvalue weighted by molar-refractivity contribution is 0.229. The molecule has 1 aliphatic rings. The molecule has 0 aliphatic heterocycles. The topological polar surface area (TPSA) is 77.8 Å². The van der Waals surface area contributed by atoms with Crippen LogP contribution in [-0.2, 0) is 5.54 Å². The van der Waals surface area contributed by atoms with Crippen molar-refractivity contribution in [3.8, 4) is 11.6 Å². The van der Waals surface area contributed by atoms with Gasteiger partial charge in [0.25, 0.3) is 5.89 Å². The predicted molar refractivity (Wildman–Crippen MR) is 86.7 cm³/mol. The Morgan fingerprint density at radius 2 is 1.95 bits per heavy atom. The van der Waals surface area contributed by atoms with Crippen molar-refractivity contribution in [2.45, 2.75) is 31.7 Å². The minimum Gasteiger partial charge on any atom is -0.332 e. The summed E-state index contributed by atoms with van der Waals surface area (Å²) in [7, 11) is 0. The number of fused-ring (bicyclic) bond motifs is 1. The highest BCUT2D eigenvalue weighted by Crippen LogP contribution is 2.37. The lowest BCUT2D eigenvalue weighted by Crippen LogP contribution is -2.44. The van der Waals surface area contributed by atoms with Gasteiger partial charge < -0.3 is 10.3 Å². The zero-order chi connectivity index (χ0) is 14.4. The van der Waals surface area contributed by atoms with Gasteiger partial charge in [0.1, 0.15) is 5.69 Å². The first-order valence-corrected chi connectivity index (χ1v) is 7.16. The van der Waals surface area contributed by atoms with Gasteiger partial charge in [-0.3, -0.25) is 0 Å². The fourth-order valence-corrected chi connectivity index (χ4v) is 2.77. The standard InChI is InChI=1S/C16H16N4O.ClH/c1-10-9-13(18-12-6-3-2-5-11(10)12)14-19-15(20-21-14)16(17)7-4-8-16;/h2-3,5-6,9H,4,7-8,17H2,1H3;1H. The van der Waals surface area contributed by atoms with Crippen LogP contribution in [0.5, 0.6) is 0 Å². The van der Waals surface area contributed by atoms with Gasteiger partial charge in [0, 0.05) is 5.39 Å². The normalized spacial score (nSPS) is 16.1. The van der Waals surface area contributed by atoms with Crippen molar-refractivity contribution in [2.24, 2.45) is 5.73 Å². The van der Waals surface area contributed by atoms with E-state index in [-0.39, 0.29) is 12.4 Å². The second-order valence-electron chi connectivity index (χ2n) is 5.77. The number of hydrogen-bond acceptors (Lipinski definition) is 5. The van der Waals surface area contributed by atoms with Crippen molar-refractivity contribution < 1.29 is 4.52 Å². The fourth-order valence-electron chi connectivity index (χ4n) is 2.77. The molecule has 1 saturated carbocycles. The van der Waals surface area contributed by atoms with Crippen LogP contribution in [0.3, 0.4) is 0 Å². The Kier molecular flexibility index (Phi) is 3.62. The van der Waals surface area contributed by atoms with Crippen LogP contribution in [0, 0.1) is 6.92 Å². The molecule has 4 rings (SSSR count). The van der Waals surface area contributed by atoms with Crippen LogP contribution in [0.4, 0.5) is 0 Å². The van der Waals surface area contributed by atoms with E-state index in [0.717, 1.165) is 35.7 Å². The van der Waals surface area contributed by atoms with Gasteiger partial charge in [-0.15, -0.1) is 12.4 Å². The number of benzene rings is 1. The monoisotopic (exact) mass is 316 g/mol. The Balaban J connectivity index is 0.00000144. The lowest BCUT2D eigenvalue weighted by atomic mass is 9.77. The Bertz CT molecular complexity index is 826. The molecule has 0 unspecified atom stereocenters. The third-order valence-corrected chi connectivity index (χ3v) is 4.26. The molecule has 3 aromatic rings. The third-order valence-electron chi connectivity index (χ3n) is 4.26. The van der Waals surface area contributed by atoms with Crippen LogP contribution < -0.4 is 5.73 Å². The van der Waals surface area contributed by atoms with Crippen LogP contribution in [0.25, 0.3) is 22.5 Å². The highest BCUT2D eigenvalue weighted by molar-refractivity contribution is 5.85. The molecule has 1 fully saturated rings. The van der Waals surface area contributed by atoms with Gasteiger partial charge >= 0.3 is 0 Å². The van der Waals surface area contributed by atoms with E-state index in [2.05, 4.69) is 28.1 Å². The fraction of sp³-hybridized carbons (Fsp3) is 0.312. The zero-order valence-electron chi connectivity index (χ0n) is 12.2. The van der Waals surface area contributed by atoms with E-state index < -0.39 is 5.54 Å². The summed E-state index contributed by atoms with van der Waals surface area (Å²) >= 11 is 0. The number of nitrogens with two attached hydrogens (primary N) is 1. The molecule has 2 heterocycles. The van der Waals surface area contributed by atoms with Crippen LogP contribution in [0.2, 0.25) is 0 Å². The van der Waals surface area contributed by atoms with Gasteiger partial charge in [-0.25, -0.2) is 4.98 Å². The molecule has 5 nitrogen and oxygen atoms in total. The molecule has 0 spiro atoms. The number of hydrogen-bond donors (Lipinski definition) is 1. The van der Waals surface area contributed by atoms with Gasteiger partial charge in [0.2, 0.25) is 0 Å². The first-order valence-electron chi connectivity index (χ1n) is 7.16. The van der Waals surface area contributed by atoms with Crippen LogP contribution in [0.1, 0.15) is 30.7 Å². The van der Waals surface area contributed by atoms with Gasteiger partial charge in [-0.1, -0.05) is 23.4 Å². The number of aromatic nitrogens is 3. The Labute approximate surface area is 134 Å². The van der Waals surface area contributed by atoms with Crippen LogP contribution >= 0.6 is 12.4 Å². The maximum absolute atomic E-state index is 6.23. The molecule has 0 radical (unpaired) electrons. The maximum Gasteiger partial charge on any atom is 0.276 e. The second-order valence-corrected chi connectivity index (χ2v) is 5.77. The summed E-state index contributed by atoms with van der Waals surface area (Å²) in [6.45, 7) is 2.06. The molecule has 0 amide bonds. The second kappa shape index (κ2) is 5.34. The molecule has 22 heavy (non-hydrogen) atoms. The average Bonchev–Trinajstić information content (AvgIpc) is 2.95. The largest absolute Gasteiger partial charge is 0.332 e. The molecule has 0 bridgehead atoms. The molecule has 1 aromatic carbocycles. The third kappa shape index (κ3) is 2.26. The number of pyridine rings is 1. The minimum absolute atomic E-state index is 0. The number of halogens is 1. The Morgan fingerprint density at radius 3 is 2.68 bits per heavy atom. The van der Waals surface area contributed by atoms with E-state index in [1.165, 1.54) is 0 Å². The molecule has 114 valence electrons. The highest BCUT2D eigenvalue weighted by atomic mass is 35.5. The van der Waals surface area contributed by atoms with Gasteiger partial charge in [0.05, 0.1) is 11.1 Å². The van der Waals surface area contributed by atoms with Crippen molar-refractivity contribution in [3.63, 3.8) is 0 Å². The van der Waals surface area contributed by atoms with Crippen LogP contribution in [-0.4, -0.2) is 15.1 Å². The van der Waals surface area contributed by atoms with Crippen molar-refractivity contribution in [1.82, 2.24) is 15.1 Å². The summed E-state index contributed by atoms with van der Waals surface area (Å²) < 4.78 is 5.37. The van der Waals surface area contributed by atoms with Gasteiger partial charge in [-0.2, -0.15) is 4.98 Å².